The van der Waals surface area contributed by atoms with Crippen LogP contribution in [0.5, 0.6) is 0 Å². The van der Waals surface area contributed by atoms with Crippen LogP contribution in [-0.2, 0) is 25.1 Å². The molecule has 0 N–H and O–H groups in total. The summed E-state index contributed by atoms with van der Waals surface area (Å²) in [6.45, 7) is 0.477. The van der Waals surface area contributed by atoms with E-state index in [2.05, 4.69) is 9.97 Å². The molecule has 0 saturated carbocycles. The number of nitrogens with zero attached hydrogens (tertiary/aromatic N) is 3. The summed E-state index contributed by atoms with van der Waals surface area (Å²) in [6.07, 6.45) is 5.88. The highest BCUT2D eigenvalue weighted by molar-refractivity contribution is 7.98. The Labute approximate surface area is 167 Å². The van der Waals surface area contributed by atoms with Crippen molar-refractivity contribution < 1.29 is 0 Å². The van der Waals surface area contributed by atoms with E-state index in [0.717, 1.165) is 52.7 Å². The Bertz CT molecular complexity index is 1000. The minimum Gasteiger partial charge on any atom is -0.290 e. The minimum atomic E-state index is -0.192. The van der Waals surface area contributed by atoms with E-state index in [-0.39, 0.29) is 5.69 Å². The van der Waals surface area contributed by atoms with Gasteiger partial charge in [0.2, 0.25) is 0 Å². The van der Waals surface area contributed by atoms with Crippen molar-refractivity contribution in [2.24, 2.45) is 0 Å². The van der Waals surface area contributed by atoms with E-state index in [1.807, 2.05) is 42.5 Å². The van der Waals surface area contributed by atoms with Crippen molar-refractivity contribution in [2.75, 3.05) is 0 Å². The Hall–Kier alpha value is -2.11. The molecule has 0 aliphatic heterocycles. The average molecular weight is 398 g/mol. The first-order valence-electron chi connectivity index (χ1n) is 9.11. The lowest BCUT2D eigenvalue weighted by atomic mass is 9.97. The summed E-state index contributed by atoms with van der Waals surface area (Å²) in [5, 5.41) is 1.61. The number of pyridine rings is 1. The molecule has 3 aromatic rings. The topological polar surface area (TPSA) is 47.8 Å². The molecule has 2 aromatic heterocycles. The van der Waals surface area contributed by atoms with Gasteiger partial charge in [0.25, 0.3) is 0 Å². The number of rotatable bonds is 5. The fourth-order valence-electron chi connectivity index (χ4n) is 3.45. The van der Waals surface area contributed by atoms with Gasteiger partial charge in [-0.1, -0.05) is 35.9 Å². The van der Waals surface area contributed by atoms with E-state index in [1.165, 1.54) is 5.56 Å². The third-order valence-electron chi connectivity index (χ3n) is 4.82. The molecule has 0 amide bonds. The van der Waals surface area contributed by atoms with Crippen molar-refractivity contribution in [3.8, 4) is 0 Å². The summed E-state index contributed by atoms with van der Waals surface area (Å²) in [5.41, 5.74) is 4.09. The lowest BCUT2D eigenvalue weighted by Crippen LogP contribution is -2.30. The molecule has 27 heavy (non-hydrogen) atoms. The lowest BCUT2D eigenvalue weighted by molar-refractivity contribution is 0.565. The number of benzene rings is 1. The van der Waals surface area contributed by atoms with E-state index >= 15 is 0 Å². The van der Waals surface area contributed by atoms with Crippen LogP contribution in [0.3, 0.4) is 0 Å². The minimum absolute atomic E-state index is 0.192. The van der Waals surface area contributed by atoms with Crippen molar-refractivity contribution in [3.63, 3.8) is 0 Å². The molecule has 0 bridgehead atoms. The molecule has 1 aliphatic carbocycles. The molecule has 4 nitrogen and oxygen atoms in total. The summed E-state index contributed by atoms with van der Waals surface area (Å²) in [4.78, 5) is 21.6. The van der Waals surface area contributed by atoms with Gasteiger partial charge < -0.3 is 0 Å². The zero-order chi connectivity index (χ0) is 18.6. The third kappa shape index (κ3) is 4.09. The molecule has 0 fully saturated rings. The summed E-state index contributed by atoms with van der Waals surface area (Å²) in [7, 11) is 0. The Balaban J connectivity index is 1.66. The molecule has 0 spiro atoms. The van der Waals surface area contributed by atoms with Crippen LogP contribution in [0.2, 0.25) is 5.02 Å². The van der Waals surface area contributed by atoms with Gasteiger partial charge in [-0.3, -0.25) is 9.55 Å². The number of aromatic nitrogens is 3. The van der Waals surface area contributed by atoms with Crippen LogP contribution in [0.4, 0.5) is 0 Å². The van der Waals surface area contributed by atoms with Crippen LogP contribution < -0.4 is 5.69 Å². The highest BCUT2D eigenvalue weighted by Gasteiger charge is 2.21. The first kappa shape index (κ1) is 18.3. The monoisotopic (exact) mass is 397 g/mol. The molecule has 4 rings (SSSR count). The molecule has 138 valence electrons. The second kappa shape index (κ2) is 8.28. The fourth-order valence-corrected chi connectivity index (χ4v) is 4.81. The predicted molar refractivity (Wildman–Crippen MR) is 109 cm³/mol. The van der Waals surface area contributed by atoms with Crippen LogP contribution in [0.1, 0.15) is 35.4 Å². The SMILES string of the molecule is O=c1nc(SCc2ccccc2Cl)c2c(n1Cc1ccccn1)CCCC2. The largest absolute Gasteiger partial charge is 0.349 e. The van der Waals surface area contributed by atoms with Crippen LogP contribution in [0, 0.1) is 0 Å². The Morgan fingerprint density at radius 1 is 1.07 bits per heavy atom. The van der Waals surface area contributed by atoms with Crippen LogP contribution >= 0.6 is 23.4 Å². The van der Waals surface area contributed by atoms with Gasteiger partial charge >= 0.3 is 5.69 Å². The normalized spacial score (nSPS) is 13.4. The highest BCUT2D eigenvalue weighted by atomic mass is 35.5. The van der Waals surface area contributed by atoms with E-state index < -0.39 is 0 Å². The number of thioether (sulfide) groups is 1. The zero-order valence-electron chi connectivity index (χ0n) is 14.9. The number of fused-ring (bicyclic) bond motifs is 1. The number of hydrogen-bond donors (Lipinski definition) is 0. The first-order chi connectivity index (χ1) is 13.2. The molecule has 1 aliphatic rings. The quantitative estimate of drug-likeness (QED) is 0.469. The second-order valence-electron chi connectivity index (χ2n) is 6.62. The van der Waals surface area contributed by atoms with Gasteiger partial charge in [-0.25, -0.2) is 4.79 Å². The van der Waals surface area contributed by atoms with Gasteiger partial charge in [0, 0.05) is 28.2 Å². The molecule has 6 heteroatoms. The Morgan fingerprint density at radius 2 is 1.89 bits per heavy atom. The Kier molecular flexibility index (Phi) is 5.60. The maximum Gasteiger partial charge on any atom is 0.349 e. The highest BCUT2D eigenvalue weighted by Crippen LogP contribution is 2.31. The Morgan fingerprint density at radius 3 is 2.70 bits per heavy atom. The summed E-state index contributed by atoms with van der Waals surface area (Å²) >= 11 is 7.88. The van der Waals surface area contributed by atoms with Gasteiger partial charge in [0.15, 0.2) is 0 Å². The lowest BCUT2D eigenvalue weighted by Gasteiger charge is -2.22. The van der Waals surface area contributed by atoms with E-state index in [0.29, 0.717) is 12.3 Å². The molecular formula is C21H20ClN3OS. The predicted octanol–water partition coefficient (Wildman–Crippen LogP) is 4.51. The summed E-state index contributed by atoms with van der Waals surface area (Å²) < 4.78 is 1.80. The molecular weight excluding hydrogens is 378 g/mol. The summed E-state index contributed by atoms with van der Waals surface area (Å²) in [5.74, 6) is 0.711. The molecule has 0 unspecified atom stereocenters. The van der Waals surface area contributed by atoms with Crippen LogP contribution in [0.15, 0.2) is 58.5 Å². The van der Waals surface area contributed by atoms with Crippen LogP contribution in [-0.4, -0.2) is 14.5 Å². The maximum absolute atomic E-state index is 12.8. The standard InChI is InChI=1S/C21H20ClN3OS/c22-18-10-3-1-7-15(18)14-27-20-17-9-2-4-11-19(17)25(21(26)24-20)13-16-8-5-6-12-23-16/h1,3,5-8,10,12H,2,4,9,11,13-14H2. The van der Waals surface area contributed by atoms with E-state index in [9.17, 15) is 4.79 Å². The van der Waals surface area contributed by atoms with Crippen molar-refractivity contribution in [2.45, 2.75) is 43.0 Å². The van der Waals surface area contributed by atoms with Gasteiger partial charge in [0.1, 0.15) is 5.03 Å². The molecule has 2 heterocycles. The zero-order valence-corrected chi connectivity index (χ0v) is 16.5. The molecule has 0 saturated heterocycles. The summed E-state index contributed by atoms with van der Waals surface area (Å²) in [6, 6.07) is 13.6. The second-order valence-corrected chi connectivity index (χ2v) is 7.99. The third-order valence-corrected chi connectivity index (χ3v) is 6.25. The van der Waals surface area contributed by atoms with E-state index in [4.69, 9.17) is 11.6 Å². The van der Waals surface area contributed by atoms with Crippen LogP contribution in [0.25, 0.3) is 0 Å². The first-order valence-corrected chi connectivity index (χ1v) is 10.5. The van der Waals surface area contributed by atoms with Gasteiger partial charge in [-0.05, 0) is 49.4 Å². The average Bonchev–Trinajstić information content (AvgIpc) is 2.70. The molecule has 0 radical (unpaired) electrons. The smallest absolute Gasteiger partial charge is 0.290 e. The molecule has 1 aromatic carbocycles. The van der Waals surface area contributed by atoms with Crippen molar-refractivity contribution in [1.29, 1.82) is 0 Å². The van der Waals surface area contributed by atoms with Crippen molar-refractivity contribution in [1.82, 2.24) is 14.5 Å². The number of halogens is 1. The van der Waals surface area contributed by atoms with Crippen molar-refractivity contribution in [3.05, 3.63) is 86.7 Å². The molecule has 0 atom stereocenters. The van der Waals surface area contributed by atoms with E-state index in [1.54, 1.807) is 22.5 Å². The number of hydrogen-bond acceptors (Lipinski definition) is 4. The van der Waals surface area contributed by atoms with Gasteiger partial charge in [0.05, 0.1) is 12.2 Å². The van der Waals surface area contributed by atoms with Gasteiger partial charge in [-0.2, -0.15) is 4.98 Å². The maximum atomic E-state index is 12.8. The van der Waals surface area contributed by atoms with Gasteiger partial charge in [-0.15, -0.1) is 11.8 Å². The van der Waals surface area contributed by atoms with Crippen molar-refractivity contribution >= 4 is 23.4 Å². The fraction of sp³-hybridized carbons (Fsp3) is 0.286.